The summed E-state index contributed by atoms with van der Waals surface area (Å²) in [4.78, 5) is 0. The molecule has 0 amide bonds. The van der Waals surface area contributed by atoms with E-state index in [4.69, 9.17) is 46.4 Å². The zero-order valence-electron chi connectivity index (χ0n) is 14.7. The van der Waals surface area contributed by atoms with Gasteiger partial charge in [0.25, 0.3) is 0 Å². The Hall–Kier alpha value is -1.65. The summed E-state index contributed by atoms with van der Waals surface area (Å²) >= 11 is 24.9. The predicted molar refractivity (Wildman–Crippen MR) is 116 cm³/mol. The van der Waals surface area contributed by atoms with Gasteiger partial charge in [-0.2, -0.15) is 5.10 Å². The SMILES string of the molecule is Cc1cc(/C=N\NCc2c(Cl)cccc2Cl)c(C)n1-c1cccc(Cl)c1Cl. The standard InChI is InChI=1S/C20H17Cl4N3/c1-12-9-14(10-25-26-11-15-16(21)5-3-6-17(15)22)13(2)27(12)19-8-4-7-18(23)20(19)24/h3-10,26H,11H2,1-2H3/b25-10-. The first-order valence-corrected chi connectivity index (χ1v) is 9.73. The Bertz CT molecular complexity index is 988. The van der Waals surface area contributed by atoms with E-state index in [0.717, 1.165) is 28.2 Å². The molecule has 1 N–H and O–H groups in total. The summed E-state index contributed by atoms with van der Waals surface area (Å²) in [6, 6.07) is 13.0. The van der Waals surface area contributed by atoms with Gasteiger partial charge >= 0.3 is 0 Å². The molecule has 0 aliphatic heterocycles. The Morgan fingerprint density at radius 2 is 1.59 bits per heavy atom. The number of aryl methyl sites for hydroxylation is 1. The number of nitrogens with zero attached hydrogens (tertiary/aromatic N) is 2. The van der Waals surface area contributed by atoms with Crippen LogP contribution in [0.1, 0.15) is 22.5 Å². The fraction of sp³-hybridized carbons (Fsp3) is 0.150. The summed E-state index contributed by atoms with van der Waals surface area (Å²) in [6.07, 6.45) is 1.77. The molecule has 0 spiro atoms. The van der Waals surface area contributed by atoms with Crippen molar-refractivity contribution in [3.05, 3.63) is 85.1 Å². The molecular weight excluding hydrogens is 424 g/mol. The van der Waals surface area contributed by atoms with Gasteiger partial charge in [0.1, 0.15) is 0 Å². The molecule has 3 nitrogen and oxygen atoms in total. The third kappa shape index (κ3) is 4.27. The molecule has 0 bridgehead atoms. The largest absolute Gasteiger partial charge is 0.316 e. The van der Waals surface area contributed by atoms with Crippen molar-refractivity contribution in [2.45, 2.75) is 20.4 Å². The Morgan fingerprint density at radius 3 is 2.30 bits per heavy atom. The van der Waals surface area contributed by atoms with Gasteiger partial charge in [-0.05, 0) is 44.2 Å². The van der Waals surface area contributed by atoms with Crippen LogP contribution in [0.5, 0.6) is 0 Å². The zero-order valence-corrected chi connectivity index (χ0v) is 17.8. The molecule has 0 fully saturated rings. The molecule has 1 aromatic heterocycles. The van der Waals surface area contributed by atoms with Gasteiger partial charge in [-0.15, -0.1) is 0 Å². The van der Waals surface area contributed by atoms with Crippen molar-refractivity contribution in [1.82, 2.24) is 9.99 Å². The van der Waals surface area contributed by atoms with Crippen molar-refractivity contribution >= 4 is 52.6 Å². The first-order chi connectivity index (χ1) is 12.9. The predicted octanol–water partition coefficient (Wildman–Crippen LogP) is 6.83. The number of halogens is 4. The molecule has 27 heavy (non-hydrogen) atoms. The summed E-state index contributed by atoms with van der Waals surface area (Å²) in [5, 5.41) is 6.57. The lowest BCUT2D eigenvalue weighted by molar-refractivity contribution is 0.748. The summed E-state index contributed by atoms with van der Waals surface area (Å²) < 4.78 is 2.06. The lowest BCUT2D eigenvalue weighted by atomic mass is 10.2. The average Bonchev–Trinajstić information content (AvgIpc) is 2.90. The fourth-order valence-electron chi connectivity index (χ4n) is 2.90. The highest BCUT2D eigenvalue weighted by molar-refractivity contribution is 6.43. The maximum absolute atomic E-state index is 6.38. The minimum atomic E-state index is 0.438. The molecule has 0 saturated heterocycles. The van der Waals surface area contributed by atoms with Crippen molar-refractivity contribution in [2.75, 3.05) is 0 Å². The Kier molecular flexibility index (Phi) is 6.38. The van der Waals surface area contributed by atoms with Gasteiger partial charge in [0, 0.05) is 32.6 Å². The number of benzene rings is 2. The van der Waals surface area contributed by atoms with Crippen LogP contribution in [0, 0.1) is 13.8 Å². The Labute approximate surface area is 178 Å². The number of hydrazone groups is 1. The summed E-state index contributed by atoms with van der Waals surface area (Å²) in [7, 11) is 0. The normalized spacial score (nSPS) is 11.3. The lowest BCUT2D eigenvalue weighted by Crippen LogP contribution is -2.07. The molecule has 0 aliphatic carbocycles. The van der Waals surface area contributed by atoms with Gasteiger partial charge in [0.05, 0.1) is 28.5 Å². The second-order valence-corrected chi connectivity index (χ2v) is 7.63. The van der Waals surface area contributed by atoms with E-state index >= 15 is 0 Å². The topological polar surface area (TPSA) is 29.3 Å². The van der Waals surface area contributed by atoms with Crippen molar-refractivity contribution in [3.8, 4) is 5.69 Å². The minimum Gasteiger partial charge on any atom is -0.316 e. The molecule has 3 rings (SSSR count). The number of rotatable bonds is 5. The molecule has 0 saturated carbocycles. The molecule has 3 aromatic rings. The first kappa shape index (κ1) is 20.1. The monoisotopic (exact) mass is 439 g/mol. The molecule has 2 aromatic carbocycles. The van der Waals surface area contributed by atoms with Gasteiger partial charge in [-0.25, -0.2) is 0 Å². The van der Waals surface area contributed by atoms with Gasteiger partial charge in [-0.1, -0.05) is 58.5 Å². The van der Waals surface area contributed by atoms with E-state index < -0.39 is 0 Å². The average molecular weight is 441 g/mol. The van der Waals surface area contributed by atoms with E-state index in [1.54, 1.807) is 24.4 Å². The van der Waals surface area contributed by atoms with Crippen LogP contribution in [0.3, 0.4) is 0 Å². The Balaban J connectivity index is 1.81. The van der Waals surface area contributed by atoms with Crippen LogP contribution in [-0.4, -0.2) is 10.8 Å². The van der Waals surface area contributed by atoms with Gasteiger partial charge in [0.2, 0.25) is 0 Å². The molecule has 140 valence electrons. The quantitative estimate of drug-likeness (QED) is 0.341. The highest BCUT2D eigenvalue weighted by Gasteiger charge is 2.13. The van der Waals surface area contributed by atoms with Gasteiger partial charge in [0.15, 0.2) is 0 Å². The van der Waals surface area contributed by atoms with Gasteiger partial charge in [-0.3, -0.25) is 0 Å². The van der Waals surface area contributed by atoms with Crippen LogP contribution in [0.15, 0.2) is 47.6 Å². The van der Waals surface area contributed by atoms with Crippen LogP contribution in [0.4, 0.5) is 0 Å². The van der Waals surface area contributed by atoms with E-state index in [9.17, 15) is 0 Å². The third-order valence-electron chi connectivity index (χ3n) is 4.25. The molecule has 1 heterocycles. The molecule has 0 atom stereocenters. The number of aromatic nitrogens is 1. The number of hydrogen-bond acceptors (Lipinski definition) is 2. The summed E-state index contributed by atoms with van der Waals surface area (Å²) in [5.74, 6) is 0. The van der Waals surface area contributed by atoms with Gasteiger partial charge < -0.3 is 9.99 Å². The minimum absolute atomic E-state index is 0.438. The number of nitrogens with one attached hydrogen (secondary N) is 1. The van der Waals surface area contributed by atoms with Crippen LogP contribution in [-0.2, 0) is 6.54 Å². The zero-order chi connectivity index (χ0) is 19.6. The number of hydrogen-bond donors (Lipinski definition) is 1. The Morgan fingerprint density at radius 1 is 0.963 bits per heavy atom. The summed E-state index contributed by atoms with van der Waals surface area (Å²) in [5.41, 5.74) is 7.67. The second-order valence-electron chi connectivity index (χ2n) is 6.03. The van der Waals surface area contributed by atoms with Crippen molar-refractivity contribution in [1.29, 1.82) is 0 Å². The molecule has 0 aliphatic rings. The smallest absolute Gasteiger partial charge is 0.0832 e. The maximum atomic E-state index is 6.38. The fourth-order valence-corrected chi connectivity index (χ4v) is 3.81. The maximum Gasteiger partial charge on any atom is 0.0832 e. The van der Waals surface area contributed by atoms with Crippen molar-refractivity contribution < 1.29 is 0 Å². The van der Waals surface area contributed by atoms with Crippen LogP contribution >= 0.6 is 46.4 Å². The van der Waals surface area contributed by atoms with Crippen molar-refractivity contribution in [2.24, 2.45) is 5.10 Å². The van der Waals surface area contributed by atoms with Crippen molar-refractivity contribution in [3.63, 3.8) is 0 Å². The summed E-state index contributed by atoms with van der Waals surface area (Å²) in [6.45, 7) is 4.46. The first-order valence-electron chi connectivity index (χ1n) is 8.22. The third-order valence-corrected chi connectivity index (χ3v) is 5.77. The highest BCUT2D eigenvalue weighted by Crippen LogP contribution is 2.31. The molecule has 7 heteroatoms. The van der Waals surface area contributed by atoms with E-state index in [0.29, 0.717) is 26.6 Å². The highest BCUT2D eigenvalue weighted by atomic mass is 35.5. The van der Waals surface area contributed by atoms with Crippen LogP contribution in [0.2, 0.25) is 20.1 Å². The molecule has 0 unspecified atom stereocenters. The van der Waals surface area contributed by atoms with Crippen LogP contribution < -0.4 is 5.43 Å². The van der Waals surface area contributed by atoms with E-state index in [2.05, 4.69) is 15.1 Å². The van der Waals surface area contributed by atoms with Crippen LogP contribution in [0.25, 0.3) is 5.69 Å². The van der Waals surface area contributed by atoms with E-state index in [1.165, 1.54) is 0 Å². The second kappa shape index (κ2) is 8.57. The molecule has 0 radical (unpaired) electrons. The van der Waals surface area contributed by atoms with E-state index in [1.807, 2.05) is 38.1 Å². The molecular formula is C20H17Cl4N3. The lowest BCUT2D eigenvalue weighted by Gasteiger charge is -2.12. The van der Waals surface area contributed by atoms with E-state index in [-0.39, 0.29) is 0 Å².